The molecule has 3 heteroatoms. The molecule has 1 radical (unpaired) electrons. The summed E-state index contributed by atoms with van der Waals surface area (Å²) in [6.45, 7) is 7.35. The highest BCUT2D eigenvalue weighted by Gasteiger charge is 2.27. The standard InChI is InChI=1S/C13H17O3/c1-13(2,3)12-10(14)5-4-6-11(12)16-8-9-7-15-9/h4-6,9H,7-8H2,1-3H3/t9-/m0/s1. The van der Waals surface area contributed by atoms with Crippen LogP contribution in [0.2, 0.25) is 0 Å². The fourth-order valence-corrected chi connectivity index (χ4v) is 1.72. The zero-order chi connectivity index (χ0) is 11.8. The fourth-order valence-electron chi connectivity index (χ4n) is 1.72. The summed E-state index contributed by atoms with van der Waals surface area (Å²) < 4.78 is 10.7. The van der Waals surface area contributed by atoms with Crippen LogP contribution in [0.4, 0.5) is 0 Å². The summed E-state index contributed by atoms with van der Waals surface area (Å²) in [6, 6.07) is 5.17. The Morgan fingerprint density at radius 2 is 2.12 bits per heavy atom. The number of epoxide rings is 1. The Labute approximate surface area is 96.0 Å². The van der Waals surface area contributed by atoms with Crippen molar-refractivity contribution in [1.82, 2.24) is 0 Å². The number of rotatable bonds is 3. The first-order valence-electron chi connectivity index (χ1n) is 5.53. The van der Waals surface area contributed by atoms with E-state index in [4.69, 9.17) is 9.47 Å². The highest BCUT2D eigenvalue weighted by Crippen LogP contribution is 2.38. The van der Waals surface area contributed by atoms with Crippen LogP contribution in [0, 0.1) is 0 Å². The number of hydrogen-bond acceptors (Lipinski definition) is 2. The quantitative estimate of drug-likeness (QED) is 0.736. The van der Waals surface area contributed by atoms with Crippen molar-refractivity contribution in [1.29, 1.82) is 0 Å². The topological polar surface area (TPSA) is 41.7 Å². The van der Waals surface area contributed by atoms with Gasteiger partial charge < -0.3 is 9.47 Å². The van der Waals surface area contributed by atoms with E-state index in [2.05, 4.69) is 0 Å². The molecule has 87 valence electrons. The van der Waals surface area contributed by atoms with E-state index in [-0.39, 0.29) is 17.3 Å². The van der Waals surface area contributed by atoms with Gasteiger partial charge in [-0.05, 0) is 17.5 Å². The molecule has 1 aromatic carbocycles. The number of hydrogen-bond donors (Lipinski definition) is 0. The molecule has 2 rings (SSSR count). The summed E-state index contributed by atoms with van der Waals surface area (Å²) >= 11 is 0. The van der Waals surface area contributed by atoms with Gasteiger partial charge in [-0.2, -0.15) is 0 Å². The minimum Gasteiger partial charge on any atom is -0.490 e. The van der Waals surface area contributed by atoms with Crippen molar-refractivity contribution in [3.8, 4) is 11.5 Å². The lowest BCUT2D eigenvalue weighted by atomic mass is 9.85. The molecule has 0 amide bonds. The Hall–Kier alpha value is -1.22. The average molecular weight is 221 g/mol. The first-order valence-corrected chi connectivity index (χ1v) is 5.53. The number of benzene rings is 1. The van der Waals surface area contributed by atoms with Gasteiger partial charge in [0.05, 0.1) is 6.61 Å². The van der Waals surface area contributed by atoms with E-state index >= 15 is 0 Å². The molecule has 0 spiro atoms. The molecule has 1 heterocycles. The normalized spacial score (nSPS) is 19.6. The Morgan fingerprint density at radius 3 is 2.69 bits per heavy atom. The fraction of sp³-hybridized carbons (Fsp3) is 0.538. The third kappa shape index (κ3) is 2.47. The molecule has 0 saturated carbocycles. The molecule has 1 saturated heterocycles. The first-order chi connectivity index (χ1) is 7.48. The lowest BCUT2D eigenvalue weighted by molar-refractivity contribution is 0.253. The van der Waals surface area contributed by atoms with Gasteiger partial charge in [0.2, 0.25) is 0 Å². The summed E-state index contributed by atoms with van der Waals surface area (Å²) in [5.41, 5.74) is 0.550. The molecule has 1 aliphatic heterocycles. The molecule has 0 aliphatic carbocycles. The molecule has 0 N–H and O–H groups in total. The molecule has 1 aromatic rings. The van der Waals surface area contributed by atoms with E-state index in [1.54, 1.807) is 12.1 Å². The smallest absolute Gasteiger partial charge is 0.186 e. The zero-order valence-electron chi connectivity index (χ0n) is 9.95. The third-order valence-electron chi connectivity index (χ3n) is 2.57. The van der Waals surface area contributed by atoms with Gasteiger partial charge in [-0.1, -0.05) is 26.8 Å². The van der Waals surface area contributed by atoms with Gasteiger partial charge in [-0.15, -0.1) is 0 Å². The molecular weight excluding hydrogens is 204 g/mol. The lowest BCUT2D eigenvalue weighted by Crippen LogP contribution is -2.15. The van der Waals surface area contributed by atoms with Crippen LogP contribution in [0.3, 0.4) is 0 Å². The van der Waals surface area contributed by atoms with Crippen LogP contribution in [0.25, 0.3) is 0 Å². The maximum Gasteiger partial charge on any atom is 0.186 e. The Bertz CT molecular complexity index is 375. The van der Waals surface area contributed by atoms with Gasteiger partial charge in [0, 0.05) is 5.56 Å². The molecule has 0 bridgehead atoms. The number of ether oxygens (including phenoxy) is 2. The molecular formula is C13H17O3. The molecule has 0 unspecified atom stereocenters. The van der Waals surface area contributed by atoms with Crippen molar-refractivity contribution < 1.29 is 14.6 Å². The SMILES string of the molecule is CC(C)(C)c1c([O])cccc1OC[C@@H]1CO1. The molecule has 16 heavy (non-hydrogen) atoms. The van der Waals surface area contributed by atoms with Gasteiger partial charge >= 0.3 is 0 Å². The van der Waals surface area contributed by atoms with Crippen molar-refractivity contribution in [3.05, 3.63) is 23.8 Å². The van der Waals surface area contributed by atoms with E-state index in [0.717, 1.165) is 12.2 Å². The van der Waals surface area contributed by atoms with E-state index < -0.39 is 0 Å². The van der Waals surface area contributed by atoms with Crippen LogP contribution >= 0.6 is 0 Å². The van der Waals surface area contributed by atoms with Crippen LogP contribution in [-0.4, -0.2) is 19.3 Å². The molecule has 1 fully saturated rings. The maximum absolute atomic E-state index is 11.8. The molecule has 1 aliphatic rings. The van der Waals surface area contributed by atoms with Crippen molar-refractivity contribution >= 4 is 0 Å². The van der Waals surface area contributed by atoms with Gasteiger partial charge in [0.1, 0.15) is 18.5 Å². The molecule has 3 nitrogen and oxygen atoms in total. The average Bonchev–Trinajstić information content (AvgIpc) is 2.95. The first kappa shape index (κ1) is 11.3. The second kappa shape index (κ2) is 3.98. The van der Waals surface area contributed by atoms with Gasteiger partial charge in [0.15, 0.2) is 5.75 Å². The summed E-state index contributed by atoms with van der Waals surface area (Å²) in [5, 5.41) is 11.8. The minimum absolute atomic E-state index is 0.0433. The van der Waals surface area contributed by atoms with Crippen LogP contribution in [0.1, 0.15) is 26.3 Å². The Balaban J connectivity index is 2.24. The van der Waals surface area contributed by atoms with Gasteiger partial charge in [-0.3, -0.25) is 5.11 Å². The highest BCUT2D eigenvalue weighted by molar-refractivity contribution is 5.48. The predicted octanol–water partition coefficient (Wildman–Crippen LogP) is 2.91. The third-order valence-corrected chi connectivity index (χ3v) is 2.57. The van der Waals surface area contributed by atoms with Gasteiger partial charge in [-0.25, -0.2) is 0 Å². The van der Waals surface area contributed by atoms with Crippen molar-refractivity contribution in [2.75, 3.05) is 13.2 Å². The predicted molar refractivity (Wildman–Crippen MR) is 60.5 cm³/mol. The summed E-state index contributed by atoms with van der Waals surface area (Å²) in [5.74, 6) is 0.734. The lowest BCUT2D eigenvalue weighted by Gasteiger charge is -2.22. The van der Waals surface area contributed by atoms with E-state index in [9.17, 15) is 5.11 Å². The van der Waals surface area contributed by atoms with Crippen LogP contribution < -0.4 is 4.74 Å². The van der Waals surface area contributed by atoms with E-state index in [1.165, 1.54) is 0 Å². The Morgan fingerprint density at radius 1 is 1.44 bits per heavy atom. The summed E-state index contributed by atoms with van der Waals surface area (Å²) in [7, 11) is 0. The van der Waals surface area contributed by atoms with Crippen LogP contribution in [0.5, 0.6) is 11.5 Å². The minimum atomic E-state index is -0.196. The van der Waals surface area contributed by atoms with Crippen molar-refractivity contribution in [2.45, 2.75) is 32.3 Å². The van der Waals surface area contributed by atoms with E-state index in [0.29, 0.717) is 12.4 Å². The van der Waals surface area contributed by atoms with E-state index in [1.807, 2.05) is 26.8 Å². The second-order valence-electron chi connectivity index (χ2n) is 5.15. The monoisotopic (exact) mass is 221 g/mol. The highest BCUT2D eigenvalue weighted by atomic mass is 16.6. The van der Waals surface area contributed by atoms with Crippen molar-refractivity contribution in [3.63, 3.8) is 0 Å². The largest absolute Gasteiger partial charge is 0.490 e. The second-order valence-corrected chi connectivity index (χ2v) is 5.15. The maximum atomic E-state index is 11.8. The molecule has 0 aromatic heterocycles. The van der Waals surface area contributed by atoms with Crippen LogP contribution in [0.15, 0.2) is 18.2 Å². The Kier molecular flexibility index (Phi) is 2.80. The van der Waals surface area contributed by atoms with Crippen LogP contribution in [-0.2, 0) is 15.3 Å². The van der Waals surface area contributed by atoms with Gasteiger partial charge in [0.25, 0.3) is 0 Å². The zero-order valence-corrected chi connectivity index (χ0v) is 9.95. The molecule has 1 atom stereocenters. The summed E-state index contributed by atoms with van der Waals surface area (Å²) in [6.07, 6.45) is 0.211. The summed E-state index contributed by atoms with van der Waals surface area (Å²) in [4.78, 5) is 0. The van der Waals surface area contributed by atoms with Crippen molar-refractivity contribution in [2.24, 2.45) is 0 Å².